The highest BCUT2D eigenvalue weighted by molar-refractivity contribution is 9.10. The predicted molar refractivity (Wildman–Crippen MR) is 46.1 cm³/mol. The second-order valence-corrected chi connectivity index (χ2v) is 2.82. The maximum absolute atomic E-state index is 11.1. The third-order valence-corrected chi connectivity index (χ3v) is 1.60. The van der Waals surface area contributed by atoms with Crippen molar-refractivity contribution in [2.45, 2.75) is 6.73 Å². The zero-order chi connectivity index (χ0) is 9.84. The molecule has 0 aliphatic rings. The number of methoxy groups -OCH3 is 2. The number of carbonyl (C=O) groups is 1. The van der Waals surface area contributed by atoms with Crippen LogP contribution in [0, 0.1) is 0 Å². The molecule has 7 heteroatoms. The average molecular weight is 250 g/mol. The van der Waals surface area contributed by atoms with Crippen molar-refractivity contribution in [1.29, 1.82) is 0 Å². The lowest BCUT2D eigenvalue weighted by molar-refractivity contribution is 0.0549. The smallest absolute Gasteiger partial charge is 0.375 e. The summed E-state index contributed by atoms with van der Waals surface area (Å²) >= 11 is 3.04. The normalized spacial score (nSPS) is 10.1. The van der Waals surface area contributed by atoms with Crippen molar-refractivity contribution in [2.75, 3.05) is 14.2 Å². The van der Waals surface area contributed by atoms with Crippen LogP contribution in [0.4, 0.5) is 0 Å². The van der Waals surface area contributed by atoms with Gasteiger partial charge in [-0.15, -0.1) is 5.10 Å². The zero-order valence-corrected chi connectivity index (χ0v) is 8.74. The van der Waals surface area contributed by atoms with Gasteiger partial charge in [0.25, 0.3) is 0 Å². The molecule has 0 unspecified atom stereocenters. The predicted octanol–water partition coefficient (Wildman–Crippen LogP) is 0.431. The lowest BCUT2D eigenvalue weighted by Gasteiger charge is -2.01. The third-order valence-electron chi connectivity index (χ3n) is 1.27. The van der Waals surface area contributed by atoms with Gasteiger partial charge >= 0.3 is 5.97 Å². The van der Waals surface area contributed by atoms with Gasteiger partial charge in [-0.25, -0.2) is 9.48 Å². The van der Waals surface area contributed by atoms with E-state index >= 15 is 0 Å². The first-order chi connectivity index (χ1) is 6.19. The summed E-state index contributed by atoms with van der Waals surface area (Å²) in [5.41, 5.74) is 0. The van der Waals surface area contributed by atoms with Crippen LogP contribution in [-0.4, -0.2) is 35.0 Å². The monoisotopic (exact) mass is 249 g/mol. The van der Waals surface area contributed by atoms with Crippen molar-refractivity contribution in [3.63, 3.8) is 0 Å². The van der Waals surface area contributed by atoms with Gasteiger partial charge < -0.3 is 9.47 Å². The van der Waals surface area contributed by atoms with Crippen molar-refractivity contribution in [3.05, 3.63) is 10.6 Å². The molecule has 6 nitrogen and oxygen atoms in total. The Bertz CT molecular complexity index is 312. The van der Waals surface area contributed by atoms with Crippen LogP contribution in [0.15, 0.2) is 4.73 Å². The Morgan fingerprint density at radius 2 is 2.31 bits per heavy atom. The highest BCUT2D eigenvalue weighted by atomic mass is 79.9. The number of rotatable bonds is 3. The minimum absolute atomic E-state index is 0.108. The molecule has 1 aromatic heterocycles. The summed E-state index contributed by atoms with van der Waals surface area (Å²) in [6.07, 6.45) is 0. The van der Waals surface area contributed by atoms with Gasteiger partial charge in [0.15, 0.2) is 0 Å². The van der Waals surface area contributed by atoms with Crippen LogP contribution >= 0.6 is 15.9 Å². The Morgan fingerprint density at radius 3 is 2.85 bits per heavy atom. The van der Waals surface area contributed by atoms with Crippen LogP contribution < -0.4 is 0 Å². The molecule has 1 rings (SSSR count). The average Bonchev–Trinajstić information content (AvgIpc) is 2.46. The van der Waals surface area contributed by atoms with E-state index < -0.39 is 5.97 Å². The van der Waals surface area contributed by atoms with Crippen LogP contribution in [0.5, 0.6) is 0 Å². The van der Waals surface area contributed by atoms with E-state index in [-0.39, 0.29) is 12.6 Å². The quantitative estimate of drug-likeness (QED) is 0.728. The largest absolute Gasteiger partial charge is 0.463 e. The molecule has 0 aliphatic carbocycles. The number of hydrogen-bond donors (Lipinski definition) is 0. The van der Waals surface area contributed by atoms with E-state index in [9.17, 15) is 4.79 Å². The first-order valence-corrected chi connectivity index (χ1v) is 4.16. The zero-order valence-electron chi connectivity index (χ0n) is 7.15. The Hall–Kier alpha value is -0.950. The number of halogens is 1. The molecule has 0 N–H and O–H groups in total. The lowest BCUT2D eigenvalue weighted by Crippen LogP contribution is -2.13. The summed E-state index contributed by atoms with van der Waals surface area (Å²) < 4.78 is 10.9. The number of esters is 1. The summed E-state index contributed by atoms with van der Waals surface area (Å²) in [7, 11) is 2.78. The summed E-state index contributed by atoms with van der Waals surface area (Å²) in [6.45, 7) is 0.156. The van der Waals surface area contributed by atoms with Gasteiger partial charge in [-0.2, -0.15) is 4.98 Å². The fraction of sp³-hybridized carbons (Fsp3) is 0.500. The van der Waals surface area contributed by atoms with Gasteiger partial charge in [0.1, 0.15) is 6.73 Å². The van der Waals surface area contributed by atoms with Crippen molar-refractivity contribution >= 4 is 21.9 Å². The molecule has 0 spiro atoms. The molecular formula is C6H8BrN3O3. The van der Waals surface area contributed by atoms with Gasteiger partial charge in [-0.3, -0.25) is 0 Å². The second kappa shape index (κ2) is 4.33. The van der Waals surface area contributed by atoms with Gasteiger partial charge in [-0.05, 0) is 15.9 Å². The van der Waals surface area contributed by atoms with Crippen molar-refractivity contribution < 1.29 is 14.3 Å². The highest BCUT2D eigenvalue weighted by Gasteiger charge is 2.16. The number of carbonyl (C=O) groups excluding carboxylic acids is 1. The molecule has 0 saturated carbocycles. The van der Waals surface area contributed by atoms with Crippen LogP contribution in [0.25, 0.3) is 0 Å². The lowest BCUT2D eigenvalue weighted by atomic mass is 10.6. The summed E-state index contributed by atoms with van der Waals surface area (Å²) in [5.74, 6) is -0.438. The van der Waals surface area contributed by atoms with E-state index in [0.29, 0.717) is 4.73 Å². The molecule has 13 heavy (non-hydrogen) atoms. The maximum atomic E-state index is 11.1. The molecule has 0 bridgehead atoms. The topological polar surface area (TPSA) is 66.2 Å². The molecule has 72 valence electrons. The molecule has 0 saturated heterocycles. The second-order valence-electron chi connectivity index (χ2n) is 2.11. The molecule has 0 amide bonds. The first-order valence-electron chi connectivity index (χ1n) is 3.36. The van der Waals surface area contributed by atoms with E-state index in [0.717, 1.165) is 0 Å². The molecule has 0 aliphatic heterocycles. The van der Waals surface area contributed by atoms with Crippen molar-refractivity contribution in [3.8, 4) is 0 Å². The molecule has 0 atom stereocenters. The van der Waals surface area contributed by atoms with Gasteiger partial charge in [-0.1, -0.05) is 0 Å². The van der Waals surface area contributed by atoms with Crippen LogP contribution in [0.1, 0.15) is 10.6 Å². The minimum Gasteiger partial charge on any atom is -0.463 e. The van der Waals surface area contributed by atoms with Gasteiger partial charge in [0.05, 0.1) is 7.11 Å². The summed E-state index contributed by atoms with van der Waals surface area (Å²) in [6, 6.07) is 0. The van der Waals surface area contributed by atoms with Gasteiger partial charge in [0, 0.05) is 7.11 Å². The maximum Gasteiger partial charge on any atom is 0.375 e. The Balaban J connectivity index is 2.96. The first kappa shape index (κ1) is 10.1. The standard InChI is InChI=1S/C6H8BrN3O3/c1-12-3-10-4(5(11)13-2)8-6(7)9-10/h3H2,1-2H3. The molecule has 1 heterocycles. The Labute approximate surface area is 83.0 Å². The van der Waals surface area contributed by atoms with Crippen molar-refractivity contribution in [2.24, 2.45) is 0 Å². The molecule has 0 fully saturated rings. The number of aromatic nitrogens is 3. The third kappa shape index (κ3) is 2.25. The Kier molecular flexibility index (Phi) is 3.38. The summed E-state index contributed by atoms with van der Waals surface area (Å²) in [5, 5.41) is 3.87. The van der Waals surface area contributed by atoms with E-state index in [4.69, 9.17) is 4.74 Å². The number of ether oxygens (including phenoxy) is 2. The van der Waals surface area contributed by atoms with Crippen LogP contribution in [-0.2, 0) is 16.2 Å². The van der Waals surface area contributed by atoms with E-state index in [1.165, 1.54) is 18.9 Å². The molecule has 0 aromatic carbocycles. The molecular weight excluding hydrogens is 242 g/mol. The molecule has 1 aromatic rings. The molecule has 0 radical (unpaired) electrons. The van der Waals surface area contributed by atoms with Crippen LogP contribution in [0.2, 0.25) is 0 Å². The SMILES string of the molecule is COCn1nc(Br)nc1C(=O)OC. The fourth-order valence-corrected chi connectivity index (χ4v) is 1.13. The minimum atomic E-state index is -0.546. The van der Waals surface area contributed by atoms with Crippen molar-refractivity contribution in [1.82, 2.24) is 14.8 Å². The van der Waals surface area contributed by atoms with E-state index in [2.05, 4.69) is 30.7 Å². The van der Waals surface area contributed by atoms with Gasteiger partial charge in [0.2, 0.25) is 10.6 Å². The Morgan fingerprint density at radius 1 is 1.62 bits per heavy atom. The highest BCUT2D eigenvalue weighted by Crippen LogP contribution is 2.06. The number of nitrogens with zero attached hydrogens (tertiary/aromatic N) is 3. The van der Waals surface area contributed by atoms with E-state index in [1.807, 2.05) is 0 Å². The van der Waals surface area contributed by atoms with E-state index in [1.54, 1.807) is 0 Å². The fourth-order valence-electron chi connectivity index (χ4n) is 0.769. The summed E-state index contributed by atoms with van der Waals surface area (Å²) in [4.78, 5) is 14.9. The van der Waals surface area contributed by atoms with Crippen LogP contribution in [0.3, 0.4) is 0 Å². The number of hydrogen-bond acceptors (Lipinski definition) is 5.